The number of benzene rings is 2. The molecule has 0 saturated heterocycles. The lowest BCUT2D eigenvalue weighted by Gasteiger charge is -2.10. The maximum Gasteiger partial charge on any atom is 0.255 e. The lowest BCUT2D eigenvalue weighted by Crippen LogP contribution is -2.11. The van der Waals surface area contributed by atoms with Crippen LogP contribution in [0.2, 0.25) is 0 Å². The third-order valence-electron chi connectivity index (χ3n) is 5.23. The van der Waals surface area contributed by atoms with Crippen molar-refractivity contribution in [2.45, 2.75) is 39.3 Å². The molecule has 146 valence electrons. The molecule has 1 heterocycles. The number of nitrogens with zero attached hydrogens (tertiary/aromatic N) is 1. The van der Waals surface area contributed by atoms with Crippen LogP contribution in [0.4, 0.5) is 5.69 Å². The summed E-state index contributed by atoms with van der Waals surface area (Å²) < 4.78 is 7.81. The number of aromatic nitrogens is 1. The number of ether oxygens (including phenoxy) is 1. The molecule has 3 aromatic rings. The topological polar surface area (TPSA) is 63.5 Å². The standard InChI is InChI=1S/C23H26N2O3/c1-3-25-21-11-8-19(12-18(21)13-22(25)15(2)26)24-23(27)17-6-9-20(10-7-17)28-14-16-4-5-16/h6-13,15-16,26H,3-5,14H2,1-2H3,(H,24,27). The Kier molecular flexibility index (Phi) is 5.09. The van der Waals surface area contributed by atoms with Crippen LogP contribution in [0, 0.1) is 5.92 Å². The van der Waals surface area contributed by atoms with Crippen LogP contribution in [0.1, 0.15) is 48.8 Å². The Morgan fingerprint density at radius 2 is 1.96 bits per heavy atom. The van der Waals surface area contributed by atoms with Gasteiger partial charge in [0.15, 0.2) is 0 Å². The average Bonchev–Trinajstić information content (AvgIpc) is 3.45. The van der Waals surface area contributed by atoms with E-state index < -0.39 is 6.10 Å². The normalized spacial score (nSPS) is 14.8. The van der Waals surface area contributed by atoms with Crippen LogP contribution < -0.4 is 10.1 Å². The number of rotatable bonds is 7. The second-order valence-corrected chi connectivity index (χ2v) is 7.50. The van der Waals surface area contributed by atoms with Gasteiger partial charge in [-0.2, -0.15) is 0 Å². The van der Waals surface area contributed by atoms with Crippen molar-refractivity contribution >= 4 is 22.5 Å². The minimum atomic E-state index is -0.536. The molecular formula is C23H26N2O3. The molecule has 5 heteroatoms. The number of carbonyl (C=O) groups excluding carboxylic acids is 1. The third kappa shape index (κ3) is 3.90. The molecule has 0 radical (unpaired) electrons. The second-order valence-electron chi connectivity index (χ2n) is 7.50. The van der Waals surface area contributed by atoms with Crippen LogP contribution in [-0.2, 0) is 6.54 Å². The fraction of sp³-hybridized carbons (Fsp3) is 0.348. The van der Waals surface area contributed by atoms with E-state index in [9.17, 15) is 9.90 Å². The van der Waals surface area contributed by atoms with Crippen molar-refractivity contribution in [3.05, 3.63) is 59.8 Å². The minimum absolute atomic E-state index is 0.154. The Bertz CT molecular complexity index is 985. The Hall–Kier alpha value is -2.79. The molecule has 2 N–H and O–H groups in total. The first-order valence-electron chi connectivity index (χ1n) is 9.90. The number of hydrogen-bond acceptors (Lipinski definition) is 3. The van der Waals surface area contributed by atoms with E-state index in [4.69, 9.17) is 4.74 Å². The van der Waals surface area contributed by atoms with Crippen molar-refractivity contribution in [1.29, 1.82) is 0 Å². The molecule has 1 saturated carbocycles. The van der Waals surface area contributed by atoms with Crippen molar-refractivity contribution in [3.8, 4) is 5.75 Å². The number of carbonyl (C=O) groups is 1. The smallest absolute Gasteiger partial charge is 0.255 e. The molecular weight excluding hydrogens is 352 g/mol. The van der Waals surface area contributed by atoms with Crippen LogP contribution in [0.3, 0.4) is 0 Å². The largest absolute Gasteiger partial charge is 0.493 e. The summed E-state index contributed by atoms with van der Waals surface area (Å²) in [6.07, 6.45) is 1.97. The lowest BCUT2D eigenvalue weighted by molar-refractivity contribution is 0.102. The molecule has 0 bridgehead atoms. The number of amides is 1. The summed E-state index contributed by atoms with van der Waals surface area (Å²) in [6.45, 7) is 5.36. The zero-order valence-electron chi connectivity index (χ0n) is 16.3. The zero-order chi connectivity index (χ0) is 19.7. The number of aliphatic hydroxyl groups is 1. The van der Waals surface area contributed by atoms with E-state index in [0.29, 0.717) is 11.5 Å². The van der Waals surface area contributed by atoms with Crippen molar-refractivity contribution < 1.29 is 14.6 Å². The third-order valence-corrected chi connectivity index (χ3v) is 5.23. The van der Waals surface area contributed by atoms with E-state index in [-0.39, 0.29) is 5.91 Å². The molecule has 1 aliphatic rings. The van der Waals surface area contributed by atoms with Crippen LogP contribution in [-0.4, -0.2) is 22.2 Å². The molecule has 1 fully saturated rings. The predicted octanol–water partition coefficient (Wildman–Crippen LogP) is 4.76. The SMILES string of the molecule is CCn1c(C(C)O)cc2cc(NC(=O)c3ccc(OCC4CC4)cc3)ccc21. The minimum Gasteiger partial charge on any atom is -0.493 e. The first kappa shape index (κ1) is 18.6. The van der Waals surface area contributed by atoms with Gasteiger partial charge < -0.3 is 19.7 Å². The average molecular weight is 378 g/mol. The van der Waals surface area contributed by atoms with Crippen LogP contribution in [0.5, 0.6) is 5.75 Å². The monoisotopic (exact) mass is 378 g/mol. The van der Waals surface area contributed by atoms with Gasteiger partial charge in [-0.1, -0.05) is 0 Å². The van der Waals surface area contributed by atoms with Gasteiger partial charge in [-0.3, -0.25) is 4.79 Å². The molecule has 1 aromatic heterocycles. The fourth-order valence-corrected chi connectivity index (χ4v) is 3.47. The lowest BCUT2D eigenvalue weighted by atomic mass is 10.2. The molecule has 1 unspecified atom stereocenters. The van der Waals surface area contributed by atoms with Gasteiger partial charge in [-0.25, -0.2) is 0 Å². The summed E-state index contributed by atoms with van der Waals surface area (Å²) in [6, 6.07) is 15.1. The van der Waals surface area contributed by atoms with Crippen molar-refractivity contribution in [1.82, 2.24) is 4.57 Å². The van der Waals surface area contributed by atoms with Crippen molar-refractivity contribution in [3.63, 3.8) is 0 Å². The van der Waals surface area contributed by atoms with Gasteiger partial charge in [0.1, 0.15) is 5.75 Å². The van der Waals surface area contributed by atoms with Crippen LogP contribution in [0.15, 0.2) is 48.5 Å². The highest BCUT2D eigenvalue weighted by molar-refractivity contribution is 6.05. The highest BCUT2D eigenvalue weighted by Crippen LogP contribution is 2.30. The number of nitrogens with one attached hydrogen (secondary N) is 1. The van der Waals surface area contributed by atoms with Gasteiger partial charge in [0, 0.05) is 34.4 Å². The van der Waals surface area contributed by atoms with Gasteiger partial charge in [0.2, 0.25) is 0 Å². The molecule has 5 nitrogen and oxygen atoms in total. The Labute approximate surface area is 164 Å². The van der Waals surface area contributed by atoms with E-state index in [2.05, 4.69) is 16.8 Å². The summed E-state index contributed by atoms with van der Waals surface area (Å²) in [5.41, 5.74) is 3.25. The Morgan fingerprint density at radius 3 is 2.61 bits per heavy atom. The van der Waals surface area contributed by atoms with E-state index in [0.717, 1.165) is 41.2 Å². The predicted molar refractivity (Wildman–Crippen MR) is 111 cm³/mol. The molecule has 0 spiro atoms. The maximum atomic E-state index is 12.6. The molecule has 1 atom stereocenters. The first-order valence-corrected chi connectivity index (χ1v) is 9.90. The van der Waals surface area contributed by atoms with E-state index in [1.165, 1.54) is 12.8 Å². The van der Waals surface area contributed by atoms with Crippen molar-refractivity contribution in [2.24, 2.45) is 5.92 Å². The molecule has 1 amide bonds. The molecule has 1 aliphatic carbocycles. The Morgan fingerprint density at radius 1 is 1.21 bits per heavy atom. The first-order chi connectivity index (χ1) is 13.5. The summed E-state index contributed by atoms with van der Waals surface area (Å²) in [5.74, 6) is 1.35. The van der Waals surface area contributed by atoms with Crippen LogP contribution in [0.25, 0.3) is 10.9 Å². The van der Waals surface area contributed by atoms with Crippen molar-refractivity contribution in [2.75, 3.05) is 11.9 Å². The Balaban J connectivity index is 1.48. The summed E-state index contributed by atoms with van der Waals surface area (Å²) in [4.78, 5) is 12.6. The zero-order valence-corrected chi connectivity index (χ0v) is 16.3. The van der Waals surface area contributed by atoms with E-state index in [1.54, 1.807) is 19.1 Å². The number of aliphatic hydroxyl groups excluding tert-OH is 1. The molecule has 4 rings (SSSR count). The number of anilines is 1. The summed E-state index contributed by atoms with van der Waals surface area (Å²) in [7, 11) is 0. The summed E-state index contributed by atoms with van der Waals surface area (Å²) in [5, 5.41) is 13.9. The molecule has 28 heavy (non-hydrogen) atoms. The molecule has 2 aromatic carbocycles. The number of fused-ring (bicyclic) bond motifs is 1. The highest BCUT2D eigenvalue weighted by atomic mass is 16.5. The second kappa shape index (κ2) is 7.68. The van der Waals surface area contributed by atoms with Gasteiger partial charge in [-0.05, 0) is 81.1 Å². The quantitative estimate of drug-likeness (QED) is 0.623. The van der Waals surface area contributed by atoms with Gasteiger partial charge in [0.05, 0.1) is 12.7 Å². The number of aryl methyl sites for hydroxylation is 1. The maximum absolute atomic E-state index is 12.6. The fourth-order valence-electron chi connectivity index (χ4n) is 3.47. The number of hydrogen-bond donors (Lipinski definition) is 2. The van der Waals surface area contributed by atoms with E-state index in [1.807, 2.05) is 36.4 Å². The van der Waals surface area contributed by atoms with Gasteiger partial charge in [0.25, 0.3) is 5.91 Å². The van der Waals surface area contributed by atoms with E-state index >= 15 is 0 Å². The highest BCUT2D eigenvalue weighted by Gasteiger charge is 2.21. The van der Waals surface area contributed by atoms with Gasteiger partial charge >= 0.3 is 0 Å². The van der Waals surface area contributed by atoms with Crippen LogP contribution >= 0.6 is 0 Å². The summed E-state index contributed by atoms with van der Waals surface area (Å²) >= 11 is 0. The molecule has 0 aliphatic heterocycles. The van der Waals surface area contributed by atoms with Gasteiger partial charge in [-0.15, -0.1) is 0 Å².